The molecule has 4 nitrogen and oxygen atoms in total. The maximum Gasteiger partial charge on any atom is 0.516 e. The van der Waals surface area contributed by atoms with E-state index in [1.807, 2.05) is 6.07 Å². The highest BCUT2D eigenvalue weighted by Crippen LogP contribution is 2.33. The van der Waals surface area contributed by atoms with Crippen LogP contribution in [0.2, 0.25) is 0 Å². The van der Waals surface area contributed by atoms with Crippen molar-refractivity contribution < 1.29 is 18.7 Å². The third-order valence-corrected chi connectivity index (χ3v) is 3.09. The standard InChI is InChI=1S/C11H8Br2O4/c1-2-15-11(14)17-10-5-7-8(13)3-6(12)4-9(7)16-10/h3-5H,2H2,1H3. The Morgan fingerprint density at radius 3 is 2.82 bits per heavy atom. The minimum absolute atomic E-state index is 0.109. The third kappa shape index (κ3) is 2.81. The van der Waals surface area contributed by atoms with Crippen LogP contribution in [0.4, 0.5) is 4.79 Å². The number of carbonyl (C=O) groups excluding carboxylic acids is 1. The van der Waals surface area contributed by atoms with Gasteiger partial charge in [-0.1, -0.05) is 15.9 Å². The molecule has 17 heavy (non-hydrogen) atoms. The number of hydrogen-bond donors (Lipinski definition) is 0. The summed E-state index contributed by atoms with van der Waals surface area (Å²) >= 11 is 6.74. The number of hydrogen-bond acceptors (Lipinski definition) is 4. The molecular formula is C11H8Br2O4. The summed E-state index contributed by atoms with van der Waals surface area (Å²) in [6, 6.07) is 5.30. The molecule has 0 amide bonds. The molecule has 0 spiro atoms. The maximum absolute atomic E-state index is 11.1. The van der Waals surface area contributed by atoms with Gasteiger partial charge in [0.05, 0.1) is 6.61 Å². The van der Waals surface area contributed by atoms with Gasteiger partial charge < -0.3 is 13.9 Å². The Morgan fingerprint density at radius 2 is 2.12 bits per heavy atom. The lowest BCUT2D eigenvalue weighted by Gasteiger charge is -1.98. The first-order valence-corrected chi connectivity index (χ1v) is 6.42. The van der Waals surface area contributed by atoms with E-state index in [2.05, 4.69) is 36.6 Å². The van der Waals surface area contributed by atoms with Crippen LogP contribution < -0.4 is 4.74 Å². The van der Waals surface area contributed by atoms with Crippen molar-refractivity contribution in [2.24, 2.45) is 0 Å². The summed E-state index contributed by atoms with van der Waals surface area (Å²) in [6.07, 6.45) is -0.776. The zero-order valence-electron chi connectivity index (χ0n) is 8.83. The molecule has 1 aromatic carbocycles. The second-order valence-corrected chi connectivity index (χ2v) is 4.92. The molecule has 0 aliphatic carbocycles. The van der Waals surface area contributed by atoms with E-state index in [-0.39, 0.29) is 12.6 Å². The van der Waals surface area contributed by atoms with Crippen LogP contribution in [-0.2, 0) is 4.74 Å². The van der Waals surface area contributed by atoms with Crippen molar-refractivity contribution in [3.05, 3.63) is 27.1 Å². The number of rotatable bonds is 2. The zero-order chi connectivity index (χ0) is 12.4. The Labute approximate surface area is 114 Å². The molecule has 0 atom stereocenters. The molecule has 2 rings (SSSR count). The number of ether oxygens (including phenoxy) is 2. The summed E-state index contributed by atoms with van der Waals surface area (Å²) < 4.78 is 16.6. The van der Waals surface area contributed by atoms with Crippen LogP contribution in [-0.4, -0.2) is 12.8 Å². The molecule has 0 bridgehead atoms. The highest BCUT2D eigenvalue weighted by Gasteiger charge is 2.12. The second-order valence-electron chi connectivity index (χ2n) is 3.15. The Morgan fingerprint density at radius 1 is 1.35 bits per heavy atom. The first-order valence-electron chi connectivity index (χ1n) is 4.83. The molecule has 90 valence electrons. The molecule has 0 fully saturated rings. The van der Waals surface area contributed by atoms with Gasteiger partial charge in [0.25, 0.3) is 5.95 Å². The van der Waals surface area contributed by atoms with Gasteiger partial charge in [-0.25, -0.2) is 4.79 Å². The van der Waals surface area contributed by atoms with Gasteiger partial charge >= 0.3 is 6.16 Å². The lowest BCUT2D eigenvalue weighted by molar-refractivity contribution is 0.0957. The fourth-order valence-corrected chi connectivity index (χ4v) is 2.62. The molecule has 0 N–H and O–H groups in total. The first-order chi connectivity index (χ1) is 8.10. The molecule has 0 saturated carbocycles. The van der Waals surface area contributed by atoms with E-state index in [1.165, 1.54) is 0 Å². The van der Waals surface area contributed by atoms with Crippen LogP contribution in [0.1, 0.15) is 6.92 Å². The number of furan rings is 1. The summed E-state index contributed by atoms with van der Waals surface area (Å²) in [4.78, 5) is 11.1. The van der Waals surface area contributed by atoms with Crippen LogP contribution in [0.5, 0.6) is 5.95 Å². The predicted molar refractivity (Wildman–Crippen MR) is 69.3 cm³/mol. The molecule has 0 saturated heterocycles. The number of benzene rings is 1. The Bertz CT molecular complexity index is 562. The monoisotopic (exact) mass is 362 g/mol. The fourth-order valence-electron chi connectivity index (χ4n) is 1.32. The minimum atomic E-state index is -0.776. The van der Waals surface area contributed by atoms with Crippen molar-refractivity contribution in [2.75, 3.05) is 6.61 Å². The molecule has 1 heterocycles. The predicted octanol–water partition coefficient (Wildman–Crippen LogP) is 4.49. The van der Waals surface area contributed by atoms with Gasteiger partial charge in [-0.2, -0.15) is 0 Å². The van der Waals surface area contributed by atoms with Crippen LogP contribution >= 0.6 is 31.9 Å². The van der Waals surface area contributed by atoms with E-state index >= 15 is 0 Å². The smallest absolute Gasteiger partial charge is 0.434 e. The summed E-state index contributed by atoms with van der Waals surface area (Å²) in [5.74, 6) is 0.109. The van der Waals surface area contributed by atoms with E-state index in [1.54, 1.807) is 19.1 Å². The minimum Gasteiger partial charge on any atom is -0.434 e. The van der Waals surface area contributed by atoms with Crippen molar-refractivity contribution >= 4 is 49.0 Å². The molecule has 6 heteroatoms. The summed E-state index contributed by atoms with van der Waals surface area (Å²) in [7, 11) is 0. The lowest BCUT2D eigenvalue weighted by atomic mass is 10.3. The highest BCUT2D eigenvalue weighted by molar-refractivity contribution is 9.11. The quantitative estimate of drug-likeness (QED) is 0.737. The molecule has 0 unspecified atom stereocenters. The topological polar surface area (TPSA) is 48.7 Å². The third-order valence-electron chi connectivity index (χ3n) is 1.98. The Hall–Kier alpha value is -1.01. The number of halogens is 2. The van der Waals surface area contributed by atoms with Gasteiger partial charge in [0.2, 0.25) is 0 Å². The van der Waals surface area contributed by atoms with Crippen molar-refractivity contribution in [3.8, 4) is 5.95 Å². The summed E-state index contributed by atoms with van der Waals surface area (Å²) in [5, 5.41) is 0.826. The van der Waals surface area contributed by atoms with Crippen molar-refractivity contribution in [1.82, 2.24) is 0 Å². The maximum atomic E-state index is 11.1. The molecule has 2 aromatic rings. The van der Waals surface area contributed by atoms with E-state index < -0.39 is 6.16 Å². The van der Waals surface area contributed by atoms with Crippen LogP contribution in [0.25, 0.3) is 11.0 Å². The molecule has 0 radical (unpaired) electrons. The summed E-state index contributed by atoms with van der Waals surface area (Å²) in [6.45, 7) is 1.96. The molecule has 1 aromatic heterocycles. The van der Waals surface area contributed by atoms with Crippen LogP contribution in [0.15, 0.2) is 31.6 Å². The fraction of sp³-hybridized carbons (Fsp3) is 0.182. The summed E-state index contributed by atoms with van der Waals surface area (Å²) in [5.41, 5.74) is 0.616. The van der Waals surface area contributed by atoms with Crippen molar-refractivity contribution in [3.63, 3.8) is 0 Å². The van der Waals surface area contributed by atoms with E-state index in [4.69, 9.17) is 9.15 Å². The Balaban J connectivity index is 2.32. The molecule has 0 aliphatic heterocycles. The van der Waals surface area contributed by atoms with Crippen molar-refractivity contribution in [1.29, 1.82) is 0 Å². The van der Waals surface area contributed by atoms with Gasteiger partial charge in [-0.15, -0.1) is 0 Å². The van der Waals surface area contributed by atoms with E-state index in [0.717, 1.165) is 14.3 Å². The van der Waals surface area contributed by atoms with Gasteiger partial charge in [0.15, 0.2) is 0 Å². The average molecular weight is 364 g/mol. The lowest BCUT2D eigenvalue weighted by Crippen LogP contribution is -2.09. The highest BCUT2D eigenvalue weighted by atomic mass is 79.9. The second kappa shape index (κ2) is 5.10. The van der Waals surface area contributed by atoms with Gasteiger partial charge in [-0.3, -0.25) is 0 Å². The normalized spacial score (nSPS) is 10.5. The van der Waals surface area contributed by atoms with Crippen molar-refractivity contribution in [2.45, 2.75) is 6.92 Å². The van der Waals surface area contributed by atoms with Gasteiger partial charge in [0, 0.05) is 20.4 Å². The SMILES string of the molecule is CCOC(=O)Oc1cc2c(Br)cc(Br)cc2o1. The number of fused-ring (bicyclic) bond motifs is 1. The number of carbonyl (C=O) groups is 1. The largest absolute Gasteiger partial charge is 0.516 e. The van der Waals surface area contributed by atoms with Gasteiger partial charge in [-0.05, 0) is 35.0 Å². The van der Waals surface area contributed by atoms with Crippen LogP contribution in [0.3, 0.4) is 0 Å². The van der Waals surface area contributed by atoms with Crippen LogP contribution in [0, 0.1) is 0 Å². The average Bonchev–Trinajstić information content (AvgIpc) is 2.60. The Kier molecular flexibility index (Phi) is 3.73. The van der Waals surface area contributed by atoms with Gasteiger partial charge in [0.1, 0.15) is 5.58 Å². The molecule has 0 aliphatic rings. The first kappa shape index (κ1) is 12.4. The zero-order valence-corrected chi connectivity index (χ0v) is 12.0. The molecular weight excluding hydrogens is 356 g/mol. The van der Waals surface area contributed by atoms with E-state index in [0.29, 0.717) is 5.58 Å². The van der Waals surface area contributed by atoms with E-state index in [9.17, 15) is 4.79 Å².